The van der Waals surface area contributed by atoms with Gasteiger partial charge >= 0.3 is 6.18 Å². The zero-order chi connectivity index (χ0) is 10.9. The Kier molecular flexibility index (Phi) is 2.66. The molecule has 1 rings (SSSR count). The molecule has 1 aromatic heterocycles. The molecule has 0 amide bonds. The Morgan fingerprint density at radius 1 is 1.43 bits per heavy atom. The molecule has 0 aliphatic carbocycles. The minimum atomic E-state index is -4.48. The van der Waals surface area contributed by atoms with Gasteiger partial charge in [0.2, 0.25) is 0 Å². The minimum absolute atomic E-state index is 0.0828. The van der Waals surface area contributed by atoms with Crippen LogP contribution >= 0.6 is 0 Å². The number of nitrogens with zero attached hydrogens (tertiary/aromatic N) is 1. The van der Waals surface area contributed by atoms with E-state index in [1.165, 1.54) is 6.92 Å². The molecule has 0 saturated carbocycles. The average Bonchev–Trinajstić information content (AvgIpc) is 2.07. The summed E-state index contributed by atoms with van der Waals surface area (Å²) in [7, 11) is 0. The molecule has 1 aromatic rings. The van der Waals surface area contributed by atoms with Crippen LogP contribution in [0.2, 0.25) is 0 Å². The summed E-state index contributed by atoms with van der Waals surface area (Å²) in [4.78, 5) is 3.72. The van der Waals surface area contributed by atoms with Crippen LogP contribution < -0.4 is 11.5 Å². The number of anilines is 1. The van der Waals surface area contributed by atoms with Gasteiger partial charge in [0.15, 0.2) is 0 Å². The summed E-state index contributed by atoms with van der Waals surface area (Å²) in [5.74, 6) is 0. The molecule has 0 saturated heterocycles. The van der Waals surface area contributed by atoms with Gasteiger partial charge in [0.25, 0.3) is 0 Å². The quantitative estimate of drug-likeness (QED) is 0.729. The first-order chi connectivity index (χ1) is 6.38. The van der Waals surface area contributed by atoms with E-state index in [0.717, 1.165) is 6.20 Å². The van der Waals surface area contributed by atoms with Crippen molar-refractivity contribution in [1.29, 1.82) is 0 Å². The van der Waals surface area contributed by atoms with Crippen LogP contribution in [0.5, 0.6) is 0 Å². The van der Waals surface area contributed by atoms with E-state index in [0.29, 0.717) is 0 Å². The molecule has 1 heterocycles. The molecular formula is C8H10F3N3. The van der Waals surface area contributed by atoms with Gasteiger partial charge in [-0.15, -0.1) is 0 Å². The number of nitrogen functional groups attached to an aromatic ring is 1. The summed E-state index contributed by atoms with van der Waals surface area (Å²) in [6.07, 6.45) is -3.37. The predicted molar refractivity (Wildman–Crippen MR) is 46.3 cm³/mol. The second-order valence-electron chi connectivity index (χ2n) is 2.86. The van der Waals surface area contributed by atoms with Crippen molar-refractivity contribution in [1.82, 2.24) is 4.98 Å². The zero-order valence-corrected chi connectivity index (χ0v) is 7.52. The number of hydrogen-bond donors (Lipinski definition) is 2. The van der Waals surface area contributed by atoms with Gasteiger partial charge in [-0.05, 0) is 12.5 Å². The third-order valence-corrected chi connectivity index (χ3v) is 1.90. The van der Waals surface area contributed by atoms with Crippen LogP contribution in [0.15, 0.2) is 6.20 Å². The Balaban J connectivity index is 3.44. The van der Waals surface area contributed by atoms with Crippen molar-refractivity contribution in [3.8, 4) is 0 Å². The lowest BCUT2D eigenvalue weighted by Gasteiger charge is -2.15. The van der Waals surface area contributed by atoms with Crippen molar-refractivity contribution < 1.29 is 13.2 Å². The van der Waals surface area contributed by atoms with E-state index in [1.54, 1.807) is 0 Å². The number of halogens is 3. The average molecular weight is 205 g/mol. The van der Waals surface area contributed by atoms with Gasteiger partial charge in [0.1, 0.15) is 0 Å². The Labute approximate surface area is 78.9 Å². The van der Waals surface area contributed by atoms with Crippen molar-refractivity contribution in [2.24, 2.45) is 5.73 Å². The first kappa shape index (κ1) is 10.8. The van der Waals surface area contributed by atoms with Crippen LogP contribution in [0.25, 0.3) is 0 Å². The fourth-order valence-electron chi connectivity index (χ4n) is 1.15. The number of aryl methyl sites for hydroxylation is 1. The van der Waals surface area contributed by atoms with Crippen molar-refractivity contribution in [3.63, 3.8) is 0 Å². The van der Waals surface area contributed by atoms with E-state index < -0.39 is 11.7 Å². The summed E-state index contributed by atoms with van der Waals surface area (Å²) in [5, 5.41) is 0. The van der Waals surface area contributed by atoms with Crippen LogP contribution in [-0.2, 0) is 12.7 Å². The zero-order valence-electron chi connectivity index (χ0n) is 7.52. The maximum absolute atomic E-state index is 12.5. The Morgan fingerprint density at radius 3 is 2.43 bits per heavy atom. The molecule has 0 aromatic carbocycles. The second kappa shape index (κ2) is 3.45. The molecule has 0 atom stereocenters. The number of alkyl halides is 3. The number of aromatic nitrogens is 1. The fourth-order valence-corrected chi connectivity index (χ4v) is 1.15. The Hall–Kier alpha value is -1.30. The third kappa shape index (κ3) is 1.79. The molecule has 78 valence electrons. The van der Waals surface area contributed by atoms with E-state index in [-0.39, 0.29) is 23.5 Å². The molecule has 0 bridgehead atoms. The van der Waals surface area contributed by atoms with Gasteiger partial charge in [-0.3, -0.25) is 4.98 Å². The normalized spacial score (nSPS) is 11.8. The summed E-state index contributed by atoms with van der Waals surface area (Å²) in [5.41, 5.74) is 9.34. The maximum Gasteiger partial charge on any atom is 0.418 e. The highest BCUT2D eigenvalue weighted by Gasteiger charge is 2.36. The largest absolute Gasteiger partial charge is 0.418 e. The molecule has 6 heteroatoms. The molecule has 3 nitrogen and oxygen atoms in total. The van der Waals surface area contributed by atoms with E-state index >= 15 is 0 Å². The molecule has 0 fully saturated rings. The molecule has 0 spiro atoms. The van der Waals surface area contributed by atoms with Gasteiger partial charge in [-0.25, -0.2) is 0 Å². The topological polar surface area (TPSA) is 64.9 Å². The van der Waals surface area contributed by atoms with Crippen LogP contribution in [0.3, 0.4) is 0 Å². The molecule has 4 N–H and O–H groups in total. The van der Waals surface area contributed by atoms with Crippen molar-refractivity contribution in [3.05, 3.63) is 23.0 Å². The van der Waals surface area contributed by atoms with Crippen LogP contribution in [-0.4, -0.2) is 4.98 Å². The van der Waals surface area contributed by atoms with E-state index in [1.807, 2.05) is 0 Å². The van der Waals surface area contributed by atoms with E-state index in [2.05, 4.69) is 4.98 Å². The SMILES string of the molecule is Cc1ncc(CN)c(C(F)(F)F)c1N. The Bertz CT molecular complexity index is 346. The summed E-state index contributed by atoms with van der Waals surface area (Å²) < 4.78 is 37.5. The highest BCUT2D eigenvalue weighted by atomic mass is 19.4. The minimum Gasteiger partial charge on any atom is -0.397 e. The smallest absolute Gasteiger partial charge is 0.397 e. The molecule has 0 radical (unpaired) electrons. The lowest BCUT2D eigenvalue weighted by Crippen LogP contribution is -2.16. The summed E-state index contributed by atoms with van der Waals surface area (Å²) >= 11 is 0. The van der Waals surface area contributed by atoms with E-state index in [4.69, 9.17) is 11.5 Å². The molecular weight excluding hydrogens is 195 g/mol. The first-order valence-corrected chi connectivity index (χ1v) is 3.89. The van der Waals surface area contributed by atoms with E-state index in [9.17, 15) is 13.2 Å². The first-order valence-electron chi connectivity index (χ1n) is 3.89. The predicted octanol–water partition coefficient (Wildman–Crippen LogP) is 1.45. The molecule has 0 aliphatic rings. The number of rotatable bonds is 1. The molecule has 0 unspecified atom stereocenters. The van der Waals surface area contributed by atoms with Gasteiger partial charge in [-0.1, -0.05) is 0 Å². The van der Waals surface area contributed by atoms with Crippen LogP contribution in [0, 0.1) is 6.92 Å². The van der Waals surface area contributed by atoms with Gasteiger partial charge in [0.05, 0.1) is 16.9 Å². The lowest BCUT2D eigenvalue weighted by molar-refractivity contribution is -0.137. The van der Waals surface area contributed by atoms with Crippen LogP contribution in [0.1, 0.15) is 16.8 Å². The number of hydrogen-bond acceptors (Lipinski definition) is 3. The highest BCUT2D eigenvalue weighted by molar-refractivity contribution is 5.54. The van der Waals surface area contributed by atoms with Crippen molar-refractivity contribution >= 4 is 5.69 Å². The standard InChI is InChI=1S/C8H10F3N3/c1-4-7(13)6(8(9,10)11)5(2-12)3-14-4/h3H,2,12-13H2,1H3. The van der Waals surface area contributed by atoms with Crippen molar-refractivity contribution in [2.45, 2.75) is 19.6 Å². The second-order valence-corrected chi connectivity index (χ2v) is 2.86. The van der Waals surface area contributed by atoms with Gasteiger partial charge < -0.3 is 11.5 Å². The number of nitrogens with two attached hydrogens (primary N) is 2. The maximum atomic E-state index is 12.5. The highest BCUT2D eigenvalue weighted by Crippen LogP contribution is 2.36. The number of pyridine rings is 1. The Morgan fingerprint density at radius 2 is 2.00 bits per heavy atom. The molecule has 14 heavy (non-hydrogen) atoms. The van der Waals surface area contributed by atoms with Gasteiger partial charge in [-0.2, -0.15) is 13.2 Å². The fraction of sp³-hybridized carbons (Fsp3) is 0.375. The lowest BCUT2D eigenvalue weighted by atomic mass is 10.1. The van der Waals surface area contributed by atoms with Crippen LogP contribution in [0.4, 0.5) is 18.9 Å². The van der Waals surface area contributed by atoms with Crippen molar-refractivity contribution in [2.75, 3.05) is 5.73 Å². The van der Waals surface area contributed by atoms with Gasteiger partial charge in [0, 0.05) is 12.7 Å². The molecule has 0 aliphatic heterocycles. The third-order valence-electron chi connectivity index (χ3n) is 1.90. The monoisotopic (exact) mass is 205 g/mol. The summed E-state index contributed by atoms with van der Waals surface area (Å²) in [6, 6.07) is 0. The summed E-state index contributed by atoms with van der Waals surface area (Å²) in [6.45, 7) is 1.19.